The lowest BCUT2D eigenvalue weighted by Crippen LogP contribution is -2.01. The molecule has 1 N–H and O–H groups in total. The van der Waals surface area contributed by atoms with Gasteiger partial charge in [0, 0.05) is 16.7 Å². The molecule has 0 aliphatic carbocycles. The average Bonchev–Trinajstić information content (AvgIpc) is 2.47. The number of methoxy groups -OCH3 is 1. The van der Waals surface area contributed by atoms with Gasteiger partial charge < -0.3 is 10.1 Å². The van der Waals surface area contributed by atoms with E-state index in [1.807, 2.05) is 24.3 Å². The molecule has 0 aliphatic heterocycles. The van der Waals surface area contributed by atoms with Gasteiger partial charge in [-0.25, -0.2) is 0 Å². The molecule has 2 aromatic carbocycles. The largest absolute Gasteiger partial charge is 0.495 e. The molecule has 0 amide bonds. The second-order valence-corrected chi connectivity index (χ2v) is 5.34. The fourth-order valence-corrected chi connectivity index (χ4v) is 2.31. The molecule has 0 bridgehead atoms. The molecule has 0 heterocycles. The molecule has 102 valence electrons. The Labute approximate surface area is 127 Å². The number of benzene rings is 2. The summed E-state index contributed by atoms with van der Waals surface area (Å²) in [5, 5.41) is 12.4. The predicted molar refractivity (Wildman–Crippen MR) is 83.9 cm³/mol. The van der Waals surface area contributed by atoms with Gasteiger partial charge in [0.25, 0.3) is 0 Å². The monoisotopic (exact) mass is 330 g/mol. The summed E-state index contributed by atoms with van der Waals surface area (Å²) in [6.07, 6.45) is 0. The molecule has 0 aromatic heterocycles. The molecule has 0 aliphatic rings. The lowest BCUT2D eigenvalue weighted by Gasteiger charge is -2.11. The van der Waals surface area contributed by atoms with Crippen LogP contribution in [0.4, 0.5) is 5.69 Å². The van der Waals surface area contributed by atoms with E-state index in [-0.39, 0.29) is 0 Å². The first-order valence-electron chi connectivity index (χ1n) is 6.21. The summed E-state index contributed by atoms with van der Waals surface area (Å²) in [6, 6.07) is 13.9. The van der Waals surface area contributed by atoms with E-state index in [4.69, 9.17) is 10.00 Å². The minimum Gasteiger partial charge on any atom is -0.495 e. The minimum absolute atomic E-state index is 0.551. The van der Waals surface area contributed by atoms with Crippen molar-refractivity contribution in [3.05, 3.63) is 57.6 Å². The summed E-state index contributed by atoms with van der Waals surface area (Å²) < 4.78 is 6.16. The second kappa shape index (κ2) is 6.44. The number of nitrogens with one attached hydrogen (secondary N) is 1. The Morgan fingerprint density at radius 3 is 2.75 bits per heavy atom. The summed E-state index contributed by atoms with van der Waals surface area (Å²) in [7, 11) is 1.57. The van der Waals surface area contributed by atoms with Crippen LogP contribution in [-0.2, 0) is 6.54 Å². The van der Waals surface area contributed by atoms with Crippen LogP contribution in [0.15, 0.2) is 40.9 Å². The van der Waals surface area contributed by atoms with E-state index in [0.29, 0.717) is 17.9 Å². The van der Waals surface area contributed by atoms with E-state index in [2.05, 4.69) is 46.4 Å². The van der Waals surface area contributed by atoms with Gasteiger partial charge >= 0.3 is 0 Å². The molecule has 0 unspecified atom stereocenters. The van der Waals surface area contributed by atoms with E-state index in [0.717, 1.165) is 15.7 Å². The van der Waals surface area contributed by atoms with Crippen molar-refractivity contribution in [1.29, 1.82) is 5.26 Å². The molecule has 3 nitrogen and oxygen atoms in total. The normalized spacial score (nSPS) is 9.90. The Morgan fingerprint density at radius 1 is 1.25 bits per heavy atom. The van der Waals surface area contributed by atoms with E-state index in [1.165, 1.54) is 5.56 Å². The molecule has 2 aromatic rings. The fourth-order valence-electron chi connectivity index (χ4n) is 1.92. The third-order valence-electron chi connectivity index (χ3n) is 2.99. The average molecular weight is 331 g/mol. The number of hydrogen-bond acceptors (Lipinski definition) is 3. The number of hydrogen-bond donors (Lipinski definition) is 1. The zero-order valence-electron chi connectivity index (χ0n) is 11.4. The Bertz CT molecular complexity index is 662. The summed E-state index contributed by atoms with van der Waals surface area (Å²) >= 11 is 3.52. The van der Waals surface area contributed by atoms with E-state index < -0.39 is 0 Å². The summed E-state index contributed by atoms with van der Waals surface area (Å²) in [4.78, 5) is 0. The summed E-state index contributed by atoms with van der Waals surface area (Å²) in [5.41, 5.74) is 3.83. The van der Waals surface area contributed by atoms with Crippen LogP contribution in [0.25, 0.3) is 0 Å². The maximum absolute atomic E-state index is 9.08. The number of nitrogens with zero attached hydrogens (tertiary/aromatic N) is 1. The molecule has 0 spiro atoms. The molecule has 0 radical (unpaired) electrons. The Hall–Kier alpha value is -1.99. The third-order valence-corrected chi connectivity index (χ3v) is 3.68. The van der Waals surface area contributed by atoms with Crippen molar-refractivity contribution in [2.75, 3.05) is 12.4 Å². The molecule has 4 heteroatoms. The van der Waals surface area contributed by atoms with Crippen LogP contribution in [0.3, 0.4) is 0 Å². The van der Waals surface area contributed by atoms with Crippen molar-refractivity contribution >= 4 is 21.6 Å². The van der Waals surface area contributed by atoms with E-state index in [9.17, 15) is 0 Å². The lowest BCUT2D eigenvalue weighted by atomic mass is 10.1. The molecular weight excluding hydrogens is 316 g/mol. The molecule has 0 atom stereocenters. The van der Waals surface area contributed by atoms with Crippen LogP contribution in [-0.4, -0.2) is 7.11 Å². The van der Waals surface area contributed by atoms with E-state index in [1.54, 1.807) is 7.11 Å². The first kappa shape index (κ1) is 14.4. The van der Waals surface area contributed by atoms with Crippen LogP contribution in [0.5, 0.6) is 5.75 Å². The molecule has 2 rings (SSSR count). The number of ether oxygens (including phenoxy) is 1. The predicted octanol–water partition coefficient (Wildman–Crippen LogP) is 4.25. The van der Waals surface area contributed by atoms with Crippen molar-refractivity contribution in [2.24, 2.45) is 0 Å². The number of aryl methyl sites for hydroxylation is 1. The highest BCUT2D eigenvalue weighted by Crippen LogP contribution is 2.25. The lowest BCUT2D eigenvalue weighted by molar-refractivity contribution is 0.413. The topological polar surface area (TPSA) is 45.0 Å². The Balaban J connectivity index is 2.15. The number of nitriles is 1. The summed E-state index contributed by atoms with van der Waals surface area (Å²) in [5.74, 6) is 0.605. The third kappa shape index (κ3) is 3.31. The molecular formula is C16H15BrN2O. The first-order valence-corrected chi connectivity index (χ1v) is 7.00. The van der Waals surface area contributed by atoms with Gasteiger partial charge in [-0.05, 0) is 58.2 Å². The van der Waals surface area contributed by atoms with E-state index >= 15 is 0 Å². The van der Waals surface area contributed by atoms with Gasteiger partial charge in [0.2, 0.25) is 0 Å². The molecule has 0 saturated carbocycles. The van der Waals surface area contributed by atoms with Gasteiger partial charge in [-0.15, -0.1) is 0 Å². The van der Waals surface area contributed by atoms with Crippen LogP contribution in [0.2, 0.25) is 0 Å². The number of anilines is 1. The van der Waals surface area contributed by atoms with Crippen molar-refractivity contribution in [2.45, 2.75) is 13.5 Å². The maximum atomic E-state index is 9.08. The van der Waals surface area contributed by atoms with Gasteiger partial charge in [-0.2, -0.15) is 5.26 Å². The molecule has 20 heavy (non-hydrogen) atoms. The first-order chi connectivity index (χ1) is 9.63. The van der Waals surface area contributed by atoms with Gasteiger partial charge in [-0.3, -0.25) is 0 Å². The standard InChI is InChI=1S/C16H15BrN2O/c1-11-3-5-14(17)15(7-11)19-10-12-4-6-16(20-2)13(8-12)9-18/h3-8,19H,10H2,1-2H3. The highest BCUT2D eigenvalue weighted by molar-refractivity contribution is 9.10. The van der Waals surface area contributed by atoms with Crippen molar-refractivity contribution in [1.82, 2.24) is 0 Å². The Morgan fingerprint density at radius 2 is 2.05 bits per heavy atom. The van der Waals surface area contributed by atoms with Crippen LogP contribution in [0, 0.1) is 18.3 Å². The SMILES string of the molecule is COc1ccc(CNc2cc(C)ccc2Br)cc1C#N. The van der Waals surface area contributed by atoms with Gasteiger partial charge in [0.15, 0.2) is 0 Å². The zero-order chi connectivity index (χ0) is 14.5. The highest BCUT2D eigenvalue weighted by Gasteiger charge is 2.05. The van der Waals surface area contributed by atoms with Crippen molar-refractivity contribution < 1.29 is 4.74 Å². The molecule has 0 saturated heterocycles. The van der Waals surface area contributed by atoms with Crippen LogP contribution >= 0.6 is 15.9 Å². The number of rotatable bonds is 4. The van der Waals surface area contributed by atoms with Gasteiger partial charge in [-0.1, -0.05) is 12.1 Å². The van der Waals surface area contributed by atoms with Crippen LogP contribution < -0.4 is 10.1 Å². The molecule has 0 fully saturated rings. The van der Waals surface area contributed by atoms with Gasteiger partial charge in [0.05, 0.1) is 12.7 Å². The van der Waals surface area contributed by atoms with Crippen molar-refractivity contribution in [3.63, 3.8) is 0 Å². The van der Waals surface area contributed by atoms with Crippen molar-refractivity contribution in [3.8, 4) is 11.8 Å². The number of halogens is 1. The fraction of sp³-hybridized carbons (Fsp3) is 0.188. The van der Waals surface area contributed by atoms with Gasteiger partial charge in [0.1, 0.15) is 11.8 Å². The highest BCUT2D eigenvalue weighted by atomic mass is 79.9. The second-order valence-electron chi connectivity index (χ2n) is 4.48. The zero-order valence-corrected chi connectivity index (χ0v) is 13.0. The smallest absolute Gasteiger partial charge is 0.136 e. The quantitative estimate of drug-likeness (QED) is 0.911. The van der Waals surface area contributed by atoms with Crippen LogP contribution in [0.1, 0.15) is 16.7 Å². The Kier molecular flexibility index (Phi) is 4.65. The summed E-state index contributed by atoms with van der Waals surface area (Å²) in [6.45, 7) is 2.71. The minimum atomic E-state index is 0.551. The maximum Gasteiger partial charge on any atom is 0.136 e.